The van der Waals surface area contributed by atoms with Crippen LogP contribution in [0.25, 0.3) is 10.9 Å². The van der Waals surface area contributed by atoms with Crippen LogP contribution < -0.4 is 10.1 Å². The molecule has 0 saturated heterocycles. The number of fused-ring (bicyclic) bond motifs is 1. The molecule has 9 heteroatoms. The fraction of sp³-hybridized carbons (Fsp3) is 0.368. The van der Waals surface area contributed by atoms with Gasteiger partial charge in [-0.2, -0.15) is 13.2 Å². The summed E-state index contributed by atoms with van der Waals surface area (Å²) in [7, 11) is 0. The number of benzene rings is 1. The number of thiazole rings is 1. The van der Waals surface area contributed by atoms with Gasteiger partial charge in [0.1, 0.15) is 12.4 Å². The molecular formula is C19H18F3N3O2S. The Balaban J connectivity index is 1.59. The number of carbonyl (C=O) groups excluding carboxylic acids is 1. The van der Waals surface area contributed by atoms with Crippen molar-refractivity contribution in [3.8, 4) is 5.75 Å². The van der Waals surface area contributed by atoms with E-state index in [0.717, 1.165) is 18.5 Å². The van der Waals surface area contributed by atoms with Crippen LogP contribution in [0.4, 0.5) is 13.2 Å². The molecule has 1 fully saturated rings. The molecule has 148 valence electrons. The van der Waals surface area contributed by atoms with Gasteiger partial charge in [0.15, 0.2) is 0 Å². The lowest BCUT2D eigenvalue weighted by atomic mass is 10.1. The molecule has 1 aromatic carbocycles. The Kier molecular flexibility index (Phi) is 4.57. The first-order chi connectivity index (χ1) is 13.3. The van der Waals surface area contributed by atoms with Crippen LogP contribution in [0, 0.1) is 5.41 Å². The zero-order valence-corrected chi connectivity index (χ0v) is 15.8. The number of H-pyrrole nitrogens is 1. The third-order valence-electron chi connectivity index (χ3n) is 4.98. The second-order valence-corrected chi connectivity index (χ2v) is 7.91. The van der Waals surface area contributed by atoms with Crippen molar-refractivity contribution in [1.29, 1.82) is 0 Å². The Morgan fingerprint density at radius 2 is 2.18 bits per heavy atom. The molecule has 2 heterocycles. The standard InChI is InChI=1S/C19H18F3N3O2S/c1-18(4-5-18)17(26)23-7-15-16(19(20,21)22)13-3-2-12(6-14(13)25-15)27-8-11-9-28-10-24-11/h2-3,6,9-10,25H,4-5,7-8H2,1H3,(H,23,26). The summed E-state index contributed by atoms with van der Waals surface area (Å²) in [5.74, 6) is 0.225. The topological polar surface area (TPSA) is 67.0 Å². The van der Waals surface area contributed by atoms with E-state index < -0.39 is 17.2 Å². The maximum absolute atomic E-state index is 13.6. The van der Waals surface area contributed by atoms with Crippen molar-refractivity contribution in [2.45, 2.75) is 39.1 Å². The molecule has 28 heavy (non-hydrogen) atoms. The lowest BCUT2D eigenvalue weighted by Crippen LogP contribution is -2.30. The first-order valence-corrected chi connectivity index (χ1v) is 9.70. The number of carbonyl (C=O) groups is 1. The van der Waals surface area contributed by atoms with Gasteiger partial charge in [-0.3, -0.25) is 4.79 Å². The second-order valence-electron chi connectivity index (χ2n) is 7.20. The van der Waals surface area contributed by atoms with Crippen LogP contribution in [0.3, 0.4) is 0 Å². The van der Waals surface area contributed by atoms with Gasteiger partial charge in [-0.25, -0.2) is 4.98 Å². The van der Waals surface area contributed by atoms with E-state index in [2.05, 4.69) is 15.3 Å². The number of aromatic nitrogens is 2. The molecule has 0 bridgehead atoms. The average Bonchev–Trinajstić information content (AvgIpc) is 3.08. The van der Waals surface area contributed by atoms with E-state index in [0.29, 0.717) is 11.3 Å². The summed E-state index contributed by atoms with van der Waals surface area (Å²) in [6, 6.07) is 4.43. The lowest BCUT2D eigenvalue weighted by Gasteiger charge is -2.12. The molecule has 0 spiro atoms. The number of halogens is 3. The van der Waals surface area contributed by atoms with Crippen molar-refractivity contribution >= 4 is 28.1 Å². The third-order valence-corrected chi connectivity index (χ3v) is 5.61. The van der Waals surface area contributed by atoms with E-state index >= 15 is 0 Å². The quantitative estimate of drug-likeness (QED) is 0.623. The van der Waals surface area contributed by atoms with Gasteiger partial charge in [-0.15, -0.1) is 11.3 Å². The van der Waals surface area contributed by atoms with Gasteiger partial charge >= 0.3 is 6.18 Å². The molecule has 2 aromatic heterocycles. The van der Waals surface area contributed by atoms with Crippen molar-refractivity contribution in [3.63, 3.8) is 0 Å². The van der Waals surface area contributed by atoms with E-state index in [9.17, 15) is 18.0 Å². The molecule has 1 saturated carbocycles. The number of nitrogens with one attached hydrogen (secondary N) is 2. The SMILES string of the molecule is CC1(C(=O)NCc2[nH]c3cc(OCc4cscn4)ccc3c2C(F)(F)F)CC1. The number of alkyl halides is 3. The number of hydrogen-bond acceptors (Lipinski definition) is 4. The molecule has 0 atom stereocenters. The number of hydrogen-bond donors (Lipinski definition) is 2. The Hall–Kier alpha value is -2.55. The monoisotopic (exact) mass is 409 g/mol. The van der Waals surface area contributed by atoms with E-state index in [-0.39, 0.29) is 30.1 Å². The summed E-state index contributed by atoms with van der Waals surface area (Å²) >= 11 is 1.44. The Bertz CT molecular complexity index is 1010. The molecule has 2 N–H and O–H groups in total. The molecular weight excluding hydrogens is 391 g/mol. The van der Waals surface area contributed by atoms with Crippen LogP contribution in [0.15, 0.2) is 29.1 Å². The van der Waals surface area contributed by atoms with E-state index in [4.69, 9.17) is 4.74 Å². The normalized spacial score (nSPS) is 15.6. The maximum Gasteiger partial charge on any atom is 0.418 e. The van der Waals surface area contributed by atoms with Crippen LogP contribution in [-0.4, -0.2) is 15.9 Å². The van der Waals surface area contributed by atoms with Gasteiger partial charge in [0, 0.05) is 33.5 Å². The summed E-state index contributed by atoms with van der Waals surface area (Å²) in [6.07, 6.45) is -3.01. The molecule has 0 unspecified atom stereocenters. The highest BCUT2D eigenvalue weighted by molar-refractivity contribution is 7.07. The summed E-state index contributed by atoms with van der Waals surface area (Å²) in [5, 5.41) is 4.52. The average molecular weight is 409 g/mol. The lowest BCUT2D eigenvalue weighted by molar-refractivity contribution is -0.137. The minimum atomic E-state index is -4.54. The van der Waals surface area contributed by atoms with Gasteiger partial charge < -0.3 is 15.0 Å². The molecule has 3 aromatic rings. The highest BCUT2D eigenvalue weighted by atomic mass is 32.1. The van der Waals surface area contributed by atoms with Crippen LogP contribution in [0.5, 0.6) is 5.75 Å². The van der Waals surface area contributed by atoms with Crippen molar-refractivity contribution < 1.29 is 22.7 Å². The fourth-order valence-electron chi connectivity index (χ4n) is 3.04. The molecule has 5 nitrogen and oxygen atoms in total. The van der Waals surface area contributed by atoms with Crippen LogP contribution in [0.2, 0.25) is 0 Å². The Morgan fingerprint density at radius 1 is 1.39 bits per heavy atom. The predicted molar refractivity (Wildman–Crippen MR) is 98.9 cm³/mol. The second kappa shape index (κ2) is 6.80. The number of nitrogens with zero attached hydrogens (tertiary/aromatic N) is 1. The van der Waals surface area contributed by atoms with E-state index in [1.807, 2.05) is 12.3 Å². The minimum Gasteiger partial charge on any atom is -0.487 e. The largest absolute Gasteiger partial charge is 0.487 e. The third kappa shape index (κ3) is 3.71. The molecule has 1 amide bonds. The Morgan fingerprint density at radius 3 is 2.82 bits per heavy atom. The van der Waals surface area contributed by atoms with Gasteiger partial charge in [-0.1, -0.05) is 6.92 Å². The number of rotatable bonds is 6. The zero-order chi connectivity index (χ0) is 19.9. The van der Waals surface area contributed by atoms with E-state index in [1.165, 1.54) is 29.5 Å². The van der Waals surface area contributed by atoms with Crippen LogP contribution in [0.1, 0.15) is 36.7 Å². The molecule has 4 rings (SSSR count). The summed E-state index contributed by atoms with van der Waals surface area (Å²) < 4.78 is 46.6. The van der Waals surface area contributed by atoms with Gasteiger partial charge in [0.2, 0.25) is 5.91 Å². The Labute approximate surface area is 162 Å². The summed E-state index contributed by atoms with van der Waals surface area (Å²) in [4.78, 5) is 19.0. The fourth-order valence-corrected chi connectivity index (χ4v) is 3.58. The number of ether oxygens (including phenoxy) is 1. The smallest absolute Gasteiger partial charge is 0.418 e. The van der Waals surface area contributed by atoms with Gasteiger partial charge in [0.25, 0.3) is 0 Å². The van der Waals surface area contributed by atoms with Crippen molar-refractivity contribution in [1.82, 2.24) is 15.3 Å². The van der Waals surface area contributed by atoms with E-state index in [1.54, 1.807) is 5.51 Å². The summed E-state index contributed by atoms with van der Waals surface area (Å²) in [6.45, 7) is 1.85. The first-order valence-electron chi connectivity index (χ1n) is 8.76. The van der Waals surface area contributed by atoms with Crippen LogP contribution >= 0.6 is 11.3 Å². The van der Waals surface area contributed by atoms with Crippen molar-refractivity contribution in [2.24, 2.45) is 5.41 Å². The van der Waals surface area contributed by atoms with Gasteiger partial charge in [0.05, 0.1) is 23.3 Å². The van der Waals surface area contributed by atoms with Gasteiger partial charge in [-0.05, 0) is 25.0 Å². The van der Waals surface area contributed by atoms with Crippen LogP contribution in [-0.2, 0) is 24.1 Å². The minimum absolute atomic E-state index is 0.0513. The highest BCUT2D eigenvalue weighted by Crippen LogP contribution is 2.45. The van der Waals surface area contributed by atoms with Crippen molar-refractivity contribution in [2.75, 3.05) is 0 Å². The highest BCUT2D eigenvalue weighted by Gasteiger charge is 2.45. The molecule has 1 aliphatic rings. The first kappa shape index (κ1) is 18.8. The molecule has 0 radical (unpaired) electrons. The molecule has 1 aliphatic carbocycles. The number of amides is 1. The molecule has 0 aliphatic heterocycles. The maximum atomic E-state index is 13.6. The zero-order valence-electron chi connectivity index (χ0n) is 15.0. The summed E-state index contributed by atoms with van der Waals surface area (Å²) in [5.41, 5.74) is 1.49. The predicted octanol–water partition coefficient (Wildman–Crippen LogP) is 4.64. The van der Waals surface area contributed by atoms with Crippen molar-refractivity contribution in [3.05, 3.63) is 46.0 Å². The number of aromatic amines is 1.